The third-order valence-corrected chi connectivity index (χ3v) is 7.57. The van der Waals surface area contributed by atoms with Crippen LogP contribution in [-0.4, -0.2) is 38.2 Å². The van der Waals surface area contributed by atoms with E-state index in [1.165, 1.54) is 29.5 Å². The number of allylic oxidation sites excluding steroid dienone is 6. The van der Waals surface area contributed by atoms with E-state index in [4.69, 9.17) is 4.74 Å². The van der Waals surface area contributed by atoms with Crippen LogP contribution in [0.15, 0.2) is 47.7 Å². The molecule has 1 aliphatic rings. The quantitative estimate of drug-likeness (QED) is 0.301. The van der Waals surface area contributed by atoms with Crippen molar-refractivity contribution in [3.63, 3.8) is 0 Å². The second kappa shape index (κ2) is 10.4. The summed E-state index contributed by atoms with van der Waals surface area (Å²) in [5.41, 5.74) is 1.22. The average molecular weight is 322 g/mol. The molecular weight excluding hydrogens is 293 g/mol. The first-order valence-electron chi connectivity index (χ1n) is 7.81. The summed E-state index contributed by atoms with van der Waals surface area (Å²) in [6.07, 6.45) is 15.9. The fourth-order valence-electron chi connectivity index (χ4n) is 2.45. The Hall–Kier alpha value is -0.285. The molecule has 0 aromatic rings. The van der Waals surface area contributed by atoms with E-state index in [9.17, 15) is 0 Å². The van der Waals surface area contributed by atoms with Gasteiger partial charge < -0.3 is 4.74 Å². The molecule has 116 valence electrons. The third kappa shape index (κ3) is 7.01. The molecule has 0 spiro atoms. The zero-order valence-electron chi connectivity index (χ0n) is 13.7. The van der Waals surface area contributed by atoms with Gasteiger partial charge in [0, 0.05) is 0 Å². The molecule has 1 heterocycles. The van der Waals surface area contributed by atoms with Crippen LogP contribution in [0.4, 0.5) is 0 Å². The van der Waals surface area contributed by atoms with Crippen molar-refractivity contribution in [1.82, 2.24) is 0 Å². The van der Waals surface area contributed by atoms with Crippen molar-refractivity contribution >= 4 is 29.9 Å². The van der Waals surface area contributed by atoms with Gasteiger partial charge in [0.1, 0.15) is 7.85 Å². The summed E-state index contributed by atoms with van der Waals surface area (Å²) in [6, 6.07) is 0. The topological polar surface area (TPSA) is 9.23 Å². The van der Waals surface area contributed by atoms with Crippen LogP contribution in [0.25, 0.3) is 0 Å². The SMILES string of the molecule is BC(=C/C=C)/C(P)=C\C(C)OCC1=[PH](CC)CCC=CC1. The van der Waals surface area contributed by atoms with Crippen molar-refractivity contribution in [2.75, 3.05) is 18.9 Å². The Morgan fingerprint density at radius 3 is 3.00 bits per heavy atom. The zero-order chi connectivity index (χ0) is 15.7. The van der Waals surface area contributed by atoms with Crippen molar-refractivity contribution in [2.24, 2.45) is 0 Å². The molecule has 1 aliphatic heterocycles. The molecule has 1 nitrogen and oxygen atoms in total. The molecule has 0 aliphatic carbocycles. The smallest absolute Gasteiger partial charge is 0.140 e. The maximum atomic E-state index is 6.08. The monoisotopic (exact) mass is 322 g/mol. The first-order valence-corrected chi connectivity index (χ1v) is 10.3. The molecule has 0 saturated carbocycles. The van der Waals surface area contributed by atoms with Gasteiger partial charge in [-0.15, -0.1) is 16.8 Å². The molecule has 4 heteroatoms. The number of hydrogen-bond acceptors (Lipinski definition) is 1. The van der Waals surface area contributed by atoms with E-state index in [0.717, 1.165) is 13.0 Å². The van der Waals surface area contributed by atoms with Crippen molar-refractivity contribution in [3.8, 4) is 0 Å². The first kappa shape index (κ1) is 18.8. The Labute approximate surface area is 134 Å². The molecule has 0 radical (unpaired) electrons. The zero-order valence-corrected chi connectivity index (χ0v) is 15.8. The molecule has 0 N–H and O–H groups in total. The average Bonchev–Trinajstić information content (AvgIpc) is 2.70. The summed E-state index contributed by atoms with van der Waals surface area (Å²) in [4.78, 5) is 0. The Kier molecular flexibility index (Phi) is 9.33. The van der Waals surface area contributed by atoms with E-state index in [0.29, 0.717) is 0 Å². The number of ether oxygens (including phenoxy) is 1. The fraction of sp³-hybridized carbons (Fsp3) is 0.471. The van der Waals surface area contributed by atoms with Gasteiger partial charge in [-0.2, -0.15) is 0 Å². The molecule has 0 aromatic heterocycles. The molecule has 21 heavy (non-hydrogen) atoms. The lowest BCUT2D eigenvalue weighted by Crippen LogP contribution is -2.14. The molecule has 3 atom stereocenters. The fourth-order valence-corrected chi connectivity index (χ4v) is 5.23. The largest absolute Gasteiger partial charge is 0.370 e. The minimum Gasteiger partial charge on any atom is -0.370 e. The number of rotatable bonds is 7. The van der Waals surface area contributed by atoms with Gasteiger partial charge in [0.25, 0.3) is 0 Å². The van der Waals surface area contributed by atoms with E-state index in [2.05, 4.69) is 55.7 Å². The van der Waals surface area contributed by atoms with Crippen LogP contribution in [-0.2, 0) is 4.74 Å². The molecule has 0 fully saturated rings. The predicted octanol–water partition coefficient (Wildman–Crippen LogP) is 3.61. The lowest BCUT2D eigenvalue weighted by molar-refractivity contribution is 0.132. The molecule has 0 amide bonds. The van der Waals surface area contributed by atoms with Crippen molar-refractivity contribution < 1.29 is 4.74 Å². The van der Waals surface area contributed by atoms with E-state index < -0.39 is 0 Å². The summed E-state index contributed by atoms with van der Waals surface area (Å²) < 4.78 is 6.08. The molecule has 3 unspecified atom stereocenters. The highest BCUT2D eigenvalue weighted by Gasteiger charge is 2.08. The molecule has 1 rings (SSSR count). The number of hydrogen-bond donors (Lipinski definition) is 0. The van der Waals surface area contributed by atoms with E-state index in [-0.39, 0.29) is 13.6 Å². The third-order valence-electron chi connectivity index (χ3n) is 3.83. The van der Waals surface area contributed by atoms with Gasteiger partial charge in [0.15, 0.2) is 0 Å². The van der Waals surface area contributed by atoms with Crippen LogP contribution in [0.5, 0.6) is 0 Å². The summed E-state index contributed by atoms with van der Waals surface area (Å²) in [5, 5.41) is 2.84. The normalized spacial score (nSPS) is 22.0. The summed E-state index contributed by atoms with van der Waals surface area (Å²) in [6.45, 7) is 9.01. The highest BCUT2D eigenvalue weighted by Crippen LogP contribution is 2.29. The maximum absolute atomic E-state index is 6.08. The summed E-state index contributed by atoms with van der Waals surface area (Å²) in [7, 11) is 4.55. The van der Waals surface area contributed by atoms with Crippen molar-refractivity contribution in [3.05, 3.63) is 47.7 Å². The highest BCUT2D eigenvalue weighted by molar-refractivity contribution is 7.59. The van der Waals surface area contributed by atoms with Crippen LogP contribution in [0, 0.1) is 0 Å². The second-order valence-electron chi connectivity index (χ2n) is 5.50. The van der Waals surface area contributed by atoms with Gasteiger partial charge in [-0.3, -0.25) is 0 Å². The molecule has 0 saturated heterocycles. The molecule has 0 aromatic carbocycles. The standard InChI is InChI=1S/C17H29BOP2/c1-4-9-16(18)17(20)12-14(3)19-13-15-10-7-6-8-11-21(15)5-2/h4,6-7,9,12,14,21H,1,5,8,10-11,13,18,20H2,2-3H3/b16-9+,17-12+. The van der Waals surface area contributed by atoms with E-state index in [1.54, 1.807) is 5.29 Å². The van der Waals surface area contributed by atoms with Crippen LogP contribution in [0.2, 0.25) is 0 Å². The van der Waals surface area contributed by atoms with Crippen LogP contribution < -0.4 is 0 Å². The lowest BCUT2D eigenvalue weighted by atomic mass is 9.94. The Morgan fingerprint density at radius 1 is 1.57 bits per heavy atom. The first-order chi connectivity index (χ1) is 10.1. The van der Waals surface area contributed by atoms with Crippen molar-refractivity contribution in [1.29, 1.82) is 0 Å². The van der Waals surface area contributed by atoms with Crippen LogP contribution in [0.3, 0.4) is 0 Å². The van der Waals surface area contributed by atoms with E-state index in [1.807, 2.05) is 12.2 Å². The lowest BCUT2D eigenvalue weighted by Gasteiger charge is -2.16. The van der Waals surface area contributed by atoms with Gasteiger partial charge in [-0.1, -0.05) is 43.3 Å². The second-order valence-corrected chi connectivity index (χ2v) is 9.24. The highest BCUT2D eigenvalue weighted by atomic mass is 31.1. The van der Waals surface area contributed by atoms with Gasteiger partial charge in [0.2, 0.25) is 0 Å². The predicted molar refractivity (Wildman–Crippen MR) is 107 cm³/mol. The van der Waals surface area contributed by atoms with E-state index >= 15 is 0 Å². The van der Waals surface area contributed by atoms with Gasteiger partial charge >= 0.3 is 0 Å². The summed E-state index contributed by atoms with van der Waals surface area (Å²) in [5.74, 6) is 0. The van der Waals surface area contributed by atoms with Gasteiger partial charge in [0.05, 0.1) is 12.7 Å². The Bertz CT molecular complexity index is 475. The van der Waals surface area contributed by atoms with Gasteiger partial charge in [-0.05, 0) is 48.8 Å². The summed E-state index contributed by atoms with van der Waals surface area (Å²) >= 11 is 0. The Morgan fingerprint density at radius 2 is 2.33 bits per heavy atom. The maximum Gasteiger partial charge on any atom is 0.140 e. The minimum atomic E-state index is -0.331. The Balaban J connectivity index is 2.63. The minimum absolute atomic E-state index is 0.144. The van der Waals surface area contributed by atoms with Crippen LogP contribution in [0.1, 0.15) is 26.7 Å². The van der Waals surface area contributed by atoms with Crippen LogP contribution >= 0.6 is 16.8 Å². The van der Waals surface area contributed by atoms with Crippen molar-refractivity contribution in [2.45, 2.75) is 32.8 Å². The molecule has 0 bridgehead atoms. The molecular formula is C17H29BOP2. The van der Waals surface area contributed by atoms with Gasteiger partial charge in [-0.25, -0.2) is 0 Å².